The Labute approximate surface area is 230 Å². The fourth-order valence-electron chi connectivity index (χ4n) is 6.52. The topological polar surface area (TPSA) is 18.1 Å². The molecule has 0 saturated heterocycles. The Morgan fingerprint density at radius 3 is 1.70 bits per heavy atom. The highest BCUT2D eigenvalue weighted by molar-refractivity contribution is 6.24. The van der Waals surface area contributed by atoms with Gasteiger partial charge < -0.3 is 8.98 Å². The highest BCUT2D eigenvalue weighted by atomic mass is 16.3. The smallest absolute Gasteiger partial charge is 0.143 e. The second-order valence-electron chi connectivity index (χ2n) is 10.6. The lowest BCUT2D eigenvalue weighted by molar-refractivity contribution is 0.670. The number of aromatic nitrogens is 1. The molecule has 9 rings (SSSR count). The van der Waals surface area contributed by atoms with Crippen LogP contribution >= 0.6 is 0 Å². The molecule has 0 spiro atoms. The van der Waals surface area contributed by atoms with E-state index >= 15 is 0 Å². The van der Waals surface area contributed by atoms with Crippen LogP contribution in [0.4, 0.5) is 0 Å². The van der Waals surface area contributed by atoms with Crippen molar-refractivity contribution in [3.05, 3.63) is 140 Å². The number of rotatable bonds is 3. The summed E-state index contributed by atoms with van der Waals surface area (Å²) in [6, 6.07) is 50.0. The molecule has 2 aromatic heterocycles. The number of hydrogen-bond donors (Lipinski definition) is 0. The molecular formula is C38H23NO. The molecule has 0 saturated carbocycles. The van der Waals surface area contributed by atoms with Crippen LogP contribution in [0.2, 0.25) is 0 Å². The lowest BCUT2D eigenvalue weighted by Gasteiger charge is -2.10. The molecule has 7 aromatic carbocycles. The first-order valence-corrected chi connectivity index (χ1v) is 13.7. The number of furan rings is 1. The van der Waals surface area contributed by atoms with E-state index in [1.165, 1.54) is 49.4 Å². The Hall–Kier alpha value is -5.34. The monoisotopic (exact) mass is 509 g/mol. The largest absolute Gasteiger partial charge is 0.455 e. The summed E-state index contributed by atoms with van der Waals surface area (Å²) < 4.78 is 8.67. The van der Waals surface area contributed by atoms with Crippen LogP contribution in [0.1, 0.15) is 0 Å². The molecule has 0 aliphatic carbocycles. The Balaban J connectivity index is 1.11. The van der Waals surface area contributed by atoms with Gasteiger partial charge in [0.15, 0.2) is 0 Å². The number of fused-ring (bicyclic) bond motifs is 3. The molecule has 2 heterocycles. The first kappa shape index (κ1) is 21.6. The van der Waals surface area contributed by atoms with Gasteiger partial charge in [-0.3, -0.25) is 0 Å². The molecule has 2 nitrogen and oxygen atoms in total. The van der Waals surface area contributed by atoms with Crippen LogP contribution in [-0.2, 0) is 0 Å². The minimum atomic E-state index is 0.926. The Kier molecular flexibility index (Phi) is 4.36. The first-order valence-electron chi connectivity index (χ1n) is 13.7. The number of para-hydroxylation sites is 2. The summed E-state index contributed by atoms with van der Waals surface area (Å²) in [7, 11) is 0. The molecule has 40 heavy (non-hydrogen) atoms. The summed E-state index contributed by atoms with van der Waals surface area (Å²) in [6.07, 6.45) is 0. The van der Waals surface area contributed by atoms with E-state index in [1.54, 1.807) is 0 Å². The van der Waals surface area contributed by atoms with Crippen LogP contribution in [0.5, 0.6) is 0 Å². The van der Waals surface area contributed by atoms with Crippen molar-refractivity contribution in [2.24, 2.45) is 0 Å². The van der Waals surface area contributed by atoms with Crippen molar-refractivity contribution in [3.8, 4) is 27.9 Å². The highest BCUT2D eigenvalue weighted by Gasteiger charge is 2.16. The number of nitrogens with zero attached hydrogens (tertiary/aromatic N) is 1. The Bertz CT molecular complexity index is 2280. The zero-order valence-electron chi connectivity index (χ0n) is 21.6. The number of hydrogen-bond acceptors (Lipinski definition) is 1. The zero-order valence-corrected chi connectivity index (χ0v) is 21.6. The maximum absolute atomic E-state index is 6.27. The molecule has 0 fully saturated rings. The van der Waals surface area contributed by atoms with Crippen LogP contribution in [0.3, 0.4) is 0 Å². The van der Waals surface area contributed by atoms with E-state index in [1.807, 2.05) is 12.1 Å². The van der Waals surface area contributed by atoms with Crippen LogP contribution < -0.4 is 0 Å². The van der Waals surface area contributed by atoms with Crippen molar-refractivity contribution in [1.29, 1.82) is 0 Å². The van der Waals surface area contributed by atoms with Gasteiger partial charge in [-0.05, 0) is 57.8 Å². The molecule has 0 amide bonds. The molecule has 2 heteroatoms. The van der Waals surface area contributed by atoms with Gasteiger partial charge in [0.1, 0.15) is 11.2 Å². The van der Waals surface area contributed by atoms with E-state index in [0.717, 1.165) is 33.1 Å². The minimum Gasteiger partial charge on any atom is -0.455 e. The van der Waals surface area contributed by atoms with Crippen LogP contribution in [0.15, 0.2) is 144 Å². The lowest BCUT2D eigenvalue weighted by atomic mass is 9.98. The van der Waals surface area contributed by atoms with Crippen molar-refractivity contribution in [2.45, 2.75) is 0 Å². The molecular weight excluding hydrogens is 486 g/mol. The van der Waals surface area contributed by atoms with Gasteiger partial charge in [0.05, 0.1) is 11.0 Å². The number of benzene rings is 7. The summed E-state index contributed by atoms with van der Waals surface area (Å²) in [6.45, 7) is 0. The van der Waals surface area contributed by atoms with Gasteiger partial charge in [0.2, 0.25) is 0 Å². The quantitative estimate of drug-likeness (QED) is 0.217. The SMILES string of the molecule is c1ccc2c(c1)oc1c(-c3ccc(-c4ccc(-n5c6cccc7ccc8cccc5c8c76)cc4)cc3)cccc12. The standard InChI is InChI=1S/C38H23NO/c1-2-13-35-31(8-1)32-10-5-9-30(38(32)40-35)26-16-14-24(15-17-26)25-20-22-29(23-21-25)39-33-11-3-6-27-18-19-28-7-4-12-34(39)37(28)36(27)33/h1-23H. The average molecular weight is 510 g/mol. The van der Waals surface area contributed by atoms with E-state index < -0.39 is 0 Å². The Morgan fingerprint density at radius 1 is 0.425 bits per heavy atom. The van der Waals surface area contributed by atoms with Gasteiger partial charge in [-0.15, -0.1) is 0 Å². The van der Waals surface area contributed by atoms with Crippen LogP contribution in [0, 0.1) is 0 Å². The maximum Gasteiger partial charge on any atom is 0.143 e. The molecule has 0 unspecified atom stereocenters. The maximum atomic E-state index is 6.27. The molecule has 0 radical (unpaired) electrons. The van der Waals surface area contributed by atoms with Gasteiger partial charge in [0.25, 0.3) is 0 Å². The predicted molar refractivity (Wildman–Crippen MR) is 168 cm³/mol. The molecule has 9 aromatic rings. The third-order valence-electron chi connectivity index (χ3n) is 8.38. The summed E-state index contributed by atoms with van der Waals surface area (Å²) in [5.74, 6) is 0. The molecule has 186 valence electrons. The molecule has 0 N–H and O–H groups in total. The molecule has 0 aliphatic rings. The van der Waals surface area contributed by atoms with Crippen molar-refractivity contribution >= 4 is 54.5 Å². The lowest BCUT2D eigenvalue weighted by Crippen LogP contribution is -1.93. The van der Waals surface area contributed by atoms with Gasteiger partial charge in [-0.1, -0.05) is 109 Å². The third-order valence-corrected chi connectivity index (χ3v) is 8.38. The molecule has 0 atom stereocenters. The van der Waals surface area contributed by atoms with Crippen LogP contribution in [-0.4, -0.2) is 4.57 Å². The van der Waals surface area contributed by atoms with E-state index in [-0.39, 0.29) is 0 Å². The summed E-state index contributed by atoms with van der Waals surface area (Å²) >= 11 is 0. The molecule has 0 bridgehead atoms. The summed E-state index contributed by atoms with van der Waals surface area (Å²) in [4.78, 5) is 0. The van der Waals surface area contributed by atoms with Crippen molar-refractivity contribution < 1.29 is 4.42 Å². The summed E-state index contributed by atoms with van der Waals surface area (Å²) in [5.41, 5.74) is 10.2. The van der Waals surface area contributed by atoms with E-state index in [0.29, 0.717) is 0 Å². The Morgan fingerprint density at radius 2 is 1.00 bits per heavy atom. The summed E-state index contributed by atoms with van der Waals surface area (Å²) in [5, 5.41) is 7.57. The minimum absolute atomic E-state index is 0.926. The van der Waals surface area contributed by atoms with Crippen molar-refractivity contribution in [1.82, 2.24) is 4.57 Å². The third kappa shape index (κ3) is 2.99. The zero-order chi connectivity index (χ0) is 26.2. The second kappa shape index (κ2) is 8.08. The fourth-order valence-corrected chi connectivity index (χ4v) is 6.52. The fraction of sp³-hybridized carbons (Fsp3) is 0. The normalized spacial score (nSPS) is 12.0. The van der Waals surface area contributed by atoms with E-state index in [9.17, 15) is 0 Å². The first-order chi connectivity index (χ1) is 19.8. The van der Waals surface area contributed by atoms with Crippen molar-refractivity contribution in [2.75, 3.05) is 0 Å². The van der Waals surface area contributed by atoms with E-state index in [2.05, 4.69) is 132 Å². The highest BCUT2D eigenvalue weighted by Crippen LogP contribution is 2.39. The second-order valence-corrected chi connectivity index (χ2v) is 10.6. The average Bonchev–Trinajstić information content (AvgIpc) is 3.57. The molecule has 0 aliphatic heterocycles. The van der Waals surface area contributed by atoms with Gasteiger partial charge >= 0.3 is 0 Å². The van der Waals surface area contributed by atoms with Gasteiger partial charge in [0, 0.05) is 32.8 Å². The van der Waals surface area contributed by atoms with E-state index in [4.69, 9.17) is 4.42 Å². The van der Waals surface area contributed by atoms with Gasteiger partial charge in [-0.2, -0.15) is 0 Å². The van der Waals surface area contributed by atoms with Gasteiger partial charge in [-0.25, -0.2) is 0 Å². The predicted octanol–water partition coefficient (Wildman–Crippen LogP) is 10.6. The van der Waals surface area contributed by atoms with Crippen molar-refractivity contribution in [3.63, 3.8) is 0 Å². The van der Waals surface area contributed by atoms with Crippen LogP contribution in [0.25, 0.3) is 82.5 Å².